The first-order valence-electron chi connectivity index (χ1n) is 18.0. The Morgan fingerprint density at radius 2 is 1.79 bits per heavy atom. The number of hydrogen-bond donors (Lipinski definition) is 1. The molecule has 1 saturated carbocycles. The molecule has 53 heavy (non-hydrogen) atoms. The van der Waals surface area contributed by atoms with Crippen LogP contribution in [0.15, 0.2) is 73.3 Å². The molecule has 2 atom stereocenters. The summed E-state index contributed by atoms with van der Waals surface area (Å²) in [6, 6.07) is 14.0. The van der Waals surface area contributed by atoms with Crippen LogP contribution in [0.1, 0.15) is 77.1 Å². The summed E-state index contributed by atoms with van der Waals surface area (Å²) in [5, 5.41) is 23.3. The number of carboxylic acid groups (broad SMARTS) is 1. The number of nitrogens with zero attached hydrogens (tertiary/aromatic N) is 4. The molecule has 2 aromatic carbocycles. The molecular weight excluding hydrogens is 719 g/mol. The highest BCUT2D eigenvalue weighted by Crippen LogP contribution is 2.40. The minimum Gasteiger partial charge on any atom is -0.545 e. The van der Waals surface area contributed by atoms with Gasteiger partial charge in [-0.15, -0.1) is 0 Å². The third-order valence-electron chi connectivity index (χ3n) is 10.7. The SMILES string of the molecule is COc1ccc([C@H](Cc2c(Cl)c[n+](O)cc2Cl)c2cc(CN(C(=O)O[C@H]3CN4CCC3CC4)c3cccnc3)ccc2C(=O)[O-])cc1OC1CCCC1. The highest BCUT2D eigenvalue weighted by atomic mass is 35.5. The number of carbonyl (C=O) groups excluding carboxylic acids is 2. The Kier molecular flexibility index (Phi) is 11.2. The first-order chi connectivity index (χ1) is 25.7. The second-order valence-electron chi connectivity index (χ2n) is 14.1. The van der Waals surface area contributed by atoms with Crippen LogP contribution < -0.4 is 24.2 Å². The molecule has 3 saturated heterocycles. The molecule has 11 nitrogen and oxygen atoms in total. The van der Waals surface area contributed by atoms with Crippen LogP contribution in [0.2, 0.25) is 10.0 Å². The number of methoxy groups -OCH3 is 1. The molecule has 1 aliphatic carbocycles. The molecule has 0 unspecified atom stereocenters. The lowest BCUT2D eigenvalue weighted by Gasteiger charge is -2.44. The fourth-order valence-corrected chi connectivity index (χ4v) is 8.52. The molecule has 13 heteroatoms. The van der Waals surface area contributed by atoms with Crippen LogP contribution in [0.3, 0.4) is 0 Å². The molecule has 1 N–H and O–H groups in total. The summed E-state index contributed by atoms with van der Waals surface area (Å²) in [6.07, 6.45) is 11.4. The fraction of sp³-hybridized carbons (Fsp3) is 0.400. The van der Waals surface area contributed by atoms with E-state index in [1.165, 1.54) is 23.4 Å². The molecule has 1 amide bonds. The molecule has 0 spiro atoms. The number of rotatable bonds is 12. The van der Waals surface area contributed by atoms with E-state index in [1.807, 2.05) is 12.1 Å². The summed E-state index contributed by atoms with van der Waals surface area (Å²) in [6.45, 7) is 2.82. The molecule has 8 rings (SSSR count). The van der Waals surface area contributed by atoms with Crippen molar-refractivity contribution in [1.29, 1.82) is 0 Å². The first-order valence-corrected chi connectivity index (χ1v) is 18.8. The number of aromatic carboxylic acids is 1. The Bertz CT molecular complexity index is 1930. The Morgan fingerprint density at radius 3 is 2.43 bits per heavy atom. The van der Waals surface area contributed by atoms with Gasteiger partial charge in [0.25, 0.3) is 0 Å². The lowest BCUT2D eigenvalue weighted by molar-refractivity contribution is -0.904. The van der Waals surface area contributed by atoms with E-state index in [4.69, 9.17) is 37.4 Å². The van der Waals surface area contributed by atoms with Crippen LogP contribution in [0.4, 0.5) is 10.5 Å². The van der Waals surface area contributed by atoms with Crippen LogP contribution in [0, 0.1) is 5.92 Å². The monoisotopic (exact) mass is 760 g/mol. The number of pyridine rings is 2. The lowest BCUT2D eigenvalue weighted by Crippen LogP contribution is -2.53. The third kappa shape index (κ3) is 8.32. The standard InChI is InChI=1S/C40H42Cl2N4O7/c1-51-36-11-9-27(18-37(36)52-29-6-2-3-7-29)31(19-33-34(41)22-45(50)23-35(33)42)32-17-25(8-10-30(32)39(47)48)21-46(28-5-4-14-43-20-28)40(49)53-38-24-44-15-12-26(38)13-16-44/h4-5,8-11,14,17-18,20,22-23,26,29,31,38H,2-3,6-7,12-13,15-16,19,21,24H2,1H3,(H-,47,48,50)/t31-,38-/m0/s1. The van der Waals surface area contributed by atoms with Gasteiger partial charge in [-0.3, -0.25) is 20.0 Å². The van der Waals surface area contributed by atoms with E-state index >= 15 is 0 Å². The van der Waals surface area contributed by atoms with Crippen molar-refractivity contribution >= 4 is 41.0 Å². The van der Waals surface area contributed by atoms with Gasteiger partial charge in [0.1, 0.15) is 16.1 Å². The molecule has 2 bridgehead atoms. The van der Waals surface area contributed by atoms with Crippen molar-refractivity contribution in [3.63, 3.8) is 0 Å². The van der Waals surface area contributed by atoms with Crippen molar-refractivity contribution in [2.24, 2.45) is 5.92 Å². The average Bonchev–Trinajstić information content (AvgIpc) is 3.67. The number of fused-ring (bicyclic) bond motifs is 3. The van der Waals surface area contributed by atoms with Crippen molar-refractivity contribution in [2.45, 2.75) is 69.6 Å². The maximum absolute atomic E-state index is 14.0. The van der Waals surface area contributed by atoms with Crippen molar-refractivity contribution in [3.05, 3.63) is 111 Å². The fourth-order valence-electron chi connectivity index (χ4n) is 7.91. The van der Waals surface area contributed by atoms with Gasteiger partial charge in [0, 0.05) is 34.5 Å². The van der Waals surface area contributed by atoms with E-state index in [0.717, 1.165) is 61.9 Å². The minimum atomic E-state index is -1.36. The normalized spacial score (nSPS) is 20.2. The van der Waals surface area contributed by atoms with E-state index < -0.39 is 18.0 Å². The number of anilines is 1. The number of aromatic nitrogens is 2. The van der Waals surface area contributed by atoms with E-state index in [0.29, 0.717) is 46.3 Å². The predicted molar refractivity (Wildman–Crippen MR) is 196 cm³/mol. The van der Waals surface area contributed by atoms with Crippen LogP contribution in [0.5, 0.6) is 11.5 Å². The maximum Gasteiger partial charge on any atom is 0.414 e. The largest absolute Gasteiger partial charge is 0.545 e. The van der Waals surface area contributed by atoms with Gasteiger partial charge in [0.2, 0.25) is 12.4 Å². The van der Waals surface area contributed by atoms with Gasteiger partial charge in [-0.1, -0.05) is 47.5 Å². The van der Waals surface area contributed by atoms with Gasteiger partial charge in [-0.2, -0.15) is 0 Å². The molecular formula is C40H42Cl2N4O7. The van der Waals surface area contributed by atoms with Crippen molar-refractivity contribution in [1.82, 2.24) is 9.88 Å². The zero-order valence-corrected chi connectivity index (χ0v) is 31.0. The summed E-state index contributed by atoms with van der Waals surface area (Å²) < 4.78 is 19.0. The smallest absolute Gasteiger partial charge is 0.414 e. The summed E-state index contributed by atoms with van der Waals surface area (Å²) in [5.41, 5.74) is 2.81. The predicted octanol–water partition coefficient (Wildman–Crippen LogP) is 6.22. The number of ether oxygens (including phenoxy) is 3. The number of halogens is 2. The number of piperidine rings is 3. The Hall–Kier alpha value is -4.58. The summed E-state index contributed by atoms with van der Waals surface area (Å²) >= 11 is 13.3. The van der Waals surface area contributed by atoms with E-state index in [1.54, 1.807) is 49.8 Å². The van der Waals surface area contributed by atoms with E-state index in [2.05, 4.69) is 9.88 Å². The van der Waals surface area contributed by atoms with Crippen LogP contribution in [-0.2, 0) is 17.7 Å². The summed E-state index contributed by atoms with van der Waals surface area (Å²) in [4.78, 5) is 34.9. The molecule has 4 aliphatic rings. The quantitative estimate of drug-likeness (QED) is 0.132. The molecule has 2 aromatic heterocycles. The minimum absolute atomic E-state index is 0.0315. The van der Waals surface area contributed by atoms with Gasteiger partial charge in [-0.05, 0) is 105 Å². The Morgan fingerprint density at radius 1 is 1.04 bits per heavy atom. The van der Waals surface area contributed by atoms with E-state index in [-0.39, 0.29) is 40.8 Å². The zero-order valence-electron chi connectivity index (χ0n) is 29.5. The third-order valence-corrected chi connectivity index (χ3v) is 11.4. The first kappa shape index (κ1) is 36.8. The second kappa shape index (κ2) is 16.2. The topological polar surface area (TPSA) is 128 Å². The van der Waals surface area contributed by atoms with Gasteiger partial charge in [0.05, 0.1) is 37.6 Å². The molecule has 278 valence electrons. The molecule has 4 aromatic rings. The molecule has 3 aliphatic heterocycles. The molecule has 5 heterocycles. The van der Waals surface area contributed by atoms with Crippen LogP contribution in [-0.4, -0.2) is 66.1 Å². The number of carboxylic acids is 1. The van der Waals surface area contributed by atoms with E-state index in [9.17, 15) is 19.9 Å². The second-order valence-corrected chi connectivity index (χ2v) is 14.9. The molecule has 4 fully saturated rings. The summed E-state index contributed by atoms with van der Waals surface area (Å²) in [5.74, 6) is -0.589. The number of benzene rings is 2. The number of amides is 1. The van der Waals surface area contributed by atoms with Crippen LogP contribution in [0.25, 0.3) is 0 Å². The highest BCUT2D eigenvalue weighted by Gasteiger charge is 2.37. The van der Waals surface area contributed by atoms with Crippen molar-refractivity contribution in [2.75, 3.05) is 31.6 Å². The van der Waals surface area contributed by atoms with Gasteiger partial charge in [-0.25, -0.2) is 4.79 Å². The average molecular weight is 762 g/mol. The highest BCUT2D eigenvalue weighted by molar-refractivity contribution is 6.35. The number of carbonyl (C=O) groups is 2. The maximum atomic E-state index is 14.0. The lowest BCUT2D eigenvalue weighted by atomic mass is 9.82. The van der Waals surface area contributed by atoms with Gasteiger partial charge in [0.15, 0.2) is 11.5 Å². The zero-order chi connectivity index (χ0) is 37.1. The van der Waals surface area contributed by atoms with Gasteiger partial charge < -0.3 is 24.1 Å². The van der Waals surface area contributed by atoms with Gasteiger partial charge >= 0.3 is 6.09 Å². The number of hydrogen-bond acceptors (Lipinski definition) is 9. The Balaban J connectivity index is 1.29. The Labute approximate surface area is 318 Å². The van der Waals surface area contributed by atoms with Crippen molar-refractivity contribution < 1.29 is 38.8 Å². The summed E-state index contributed by atoms with van der Waals surface area (Å²) in [7, 11) is 1.58. The molecule has 0 radical (unpaired) electrons. The van der Waals surface area contributed by atoms with Crippen molar-refractivity contribution in [3.8, 4) is 11.5 Å². The van der Waals surface area contributed by atoms with Crippen LogP contribution >= 0.6 is 23.2 Å².